The molecule has 3 nitrogen and oxygen atoms in total. The van der Waals surface area contributed by atoms with Gasteiger partial charge in [0, 0.05) is 13.7 Å². The van der Waals surface area contributed by atoms with Crippen molar-refractivity contribution in [3.63, 3.8) is 0 Å². The highest BCUT2D eigenvalue weighted by Gasteiger charge is 2.61. The van der Waals surface area contributed by atoms with Crippen molar-refractivity contribution in [2.75, 3.05) is 13.7 Å². The van der Waals surface area contributed by atoms with E-state index in [0.29, 0.717) is 0 Å². The molecule has 0 radical (unpaired) electrons. The second kappa shape index (κ2) is 2.54. The number of hydrogen-bond acceptors (Lipinski definition) is 3. The summed E-state index contributed by atoms with van der Waals surface area (Å²) in [5.74, 6) is 0.332. The van der Waals surface area contributed by atoms with Gasteiger partial charge in [0.2, 0.25) is 0 Å². The van der Waals surface area contributed by atoms with Crippen LogP contribution in [0.2, 0.25) is 0 Å². The minimum atomic E-state index is -0.648. The molecule has 1 aliphatic carbocycles. The summed E-state index contributed by atoms with van der Waals surface area (Å²) < 4.78 is 10.7. The van der Waals surface area contributed by atoms with Crippen LogP contribution in [0.15, 0.2) is 0 Å². The van der Waals surface area contributed by atoms with Crippen LogP contribution in [0.3, 0.4) is 0 Å². The lowest BCUT2D eigenvalue weighted by molar-refractivity contribution is -0.218. The normalized spacial score (nSPS) is 46.7. The Morgan fingerprint density at radius 2 is 2.42 bits per heavy atom. The molecule has 2 aliphatic rings. The van der Waals surface area contributed by atoms with Crippen molar-refractivity contribution in [2.24, 2.45) is 5.92 Å². The standard InChI is InChI=1S/C9H14O3/c1-9(11-2)7(10)6-4-3-5-12-8(6)9/h6,8H,3-5H2,1-2H3/t6-,8-,9-/m0/s1/i7+1,9+1. The van der Waals surface area contributed by atoms with Gasteiger partial charge in [-0.15, -0.1) is 0 Å². The van der Waals surface area contributed by atoms with E-state index >= 15 is 0 Å². The van der Waals surface area contributed by atoms with Gasteiger partial charge in [-0.05, 0) is 19.8 Å². The van der Waals surface area contributed by atoms with Gasteiger partial charge in [0.05, 0.1) is 5.92 Å². The topological polar surface area (TPSA) is 35.5 Å². The van der Waals surface area contributed by atoms with E-state index in [4.69, 9.17) is 9.47 Å². The highest BCUT2D eigenvalue weighted by Crippen LogP contribution is 2.43. The lowest BCUT2D eigenvalue weighted by atomic mass is 9.93. The minimum absolute atomic E-state index is 0.0174. The number of ketones is 1. The molecule has 1 aliphatic heterocycles. The first-order chi connectivity index (χ1) is 5.70. The first-order valence-electron chi connectivity index (χ1n) is 4.41. The van der Waals surface area contributed by atoms with Gasteiger partial charge in [-0.3, -0.25) is 4.79 Å². The predicted molar refractivity (Wildman–Crippen MR) is 42.9 cm³/mol. The van der Waals surface area contributed by atoms with Gasteiger partial charge in [-0.1, -0.05) is 0 Å². The fourth-order valence-electron chi connectivity index (χ4n) is 2.22. The van der Waals surface area contributed by atoms with Crippen LogP contribution in [0.5, 0.6) is 0 Å². The van der Waals surface area contributed by atoms with Crippen LogP contribution in [-0.2, 0) is 14.3 Å². The van der Waals surface area contributed by atoms with E-state index in [-0.39, 0.29) is 17.8 Å². The molecule has 2 rings (SSSR count). The molecule has 68 valence electrons. The zero-order valence-corrected chi connectivity index (χ0v) is 7.50. The quantitative estimate of drug-likeness (QED) is 0.548. The molecule has 1 heterocycles. The molecule has 0 aromatic heterocycles. The summed E-state index contributed by atoms with van der Waals surface area (Å²) in [4.78, 5) is 11.5. The molecule has 0 spiro atoms. The highest BCUT2D eigenvalue weighted by atomic mass is 16.6. The molecule has 0 bridgehead atoms. The van der Waals surface area contributed by atoms with E-state index in [1.165, 1.54) is 0 Å². The summed E-state index contributed by atoms with van der Waals surface area (Å²) in [6, 6.07) is 0. The molecule has 0 aromatic rings. The third kappa shape index (κ3) is 0.808. The maximum absolute atomic E-state index is 11.5. The van der Waals surface area contributed by atoms with Crippen LogP contribution in [0, 0.1) is 5.92 Å². The summed E-state index contributed by atoms with van der Waals surface area (Å²) in [6.45, 7) is 2.59. The predicted octanol–water partition coefficient (Wildman–Crippen LogP) is 0.769. The maximum Gasteiger partial charge on any atom is 0.172 e. The number of methoxy groups -OCH3 is 1. The molecule has 1 saturated heterocycles. The number of fused-ring (bicyclic) bond motifs is 1. The molecule has 12 heavy (non-hydrogen) atoms. The zero-order valence-electron chi connectivity index (χ0n) is 7.50. The van der Waals surface area contributed by atoms with Crippen molar-refractivity contribution < 1.29 is 14.3 Å². The Labute approximate surface area is 72.0 Å². The van der Waals surface area contributed by atoms with E-state index in [0.717, 1.165) is 19.4 Å². The summed E-state index contributed by atoms with van der Waals surface area (Å²) in [7, 11) is 1.58. The van der Waals surface area contributed by atoms with E-state index in [1.54, 1.807) is 7.11 Å². The second-order valence-corrected chi connectivity index (χ2v) is 3.72. The average molecular weight is 172 g/mol. The number of carbonyl (C=O) groups is 1. The third-order valence-electron chi connectivity index (χ3n) is 3.12. The van der Waals surface area contributed by atoms with E-state index in [9.17, 15) is 4.79 Å². The van der Waals surface area contributed by atoms with Crippen molar-refractivity contribution in [3.05, 3.63) is 0 Å². The van der Waals surface area contributed by atoms with Gasteiger partial charge in [0.15, 0.2) is 5.78 Å². The van der Waals surface area contributed by atoms with Gasteiger partial charge in [0.1, 0.15) is 11.7 Å². The van der Waals surface area contributed by atoms with Gasteiger partial charge in [-0.2, -0.15) is 0 Å². The van der Waals surface area contributed by atoms with Crippen molar-refractivity contribution in [2.45, 2.75) is 31.5 Å². The van der Waals surface area contributed by atoms with E-state index < -0.39 is 5.60 Å². The molecule has 3 atom stereocenters. The van der Waals surface area contributed by atoms with Crippen molar-refractivity contribution in [3.8, 4) is 0 Å². The summed E-state index contributed by atoms with van der Waals surface area (Å²) in [5, 5.41) is 0. The number of hydrogen-bond donors (Lipinski definition) is 0. The SMILES string of the molecule is CO[13C@]1(C)[C@H]2OCCC[C@H]2[13C]1=O. The largest absolute Gasteiger partial charge is 0.374 e. The first-order valence-corrected chi connectivity index (χ1v) is 4.41. The molecule has 3 heteroatoms. The Balaban J connectivity index is 2.15. The van der Waals surface area contributed by atoms with Crippen molar-refractivity contribution in [1.29, 1.82) is 0 Å². The van der Waals surface area contributed by atoms with E-state index in [1.807, 2.05) is 6.92 Å². The molecule has 0 aromatic carbocycles. The van der Waals surface area contributed by atoms with Gasteiger partial charge in [-0.25, -0.2) is 0 Å². The van der Waals surface area contributed by atoms with Crippen LogP contribution >= 0.6 is 0 Å². The highest BCUT2D eigenvalue weighted by molar-refractivity contribution is 5.97. The average Bonchev–Trinajstić information content (AvgIpc) is 2.16. The Hall–Kier alpha value is -0.410. The van der Waals surface area contributed by atoms with Gasteiger partial charge < -0.3 is 9.47 Å². The second-order valence-electron chi connectivity index (χ2n) is 3.72. The monoisotopic (exact) mass is 172 g/mol. The summed E-state index contributed by atoms with van der Waals surface area (Å²) in [5.41, 5.74) is -0.648. The Morgan fingerprint density at radius 1 is 1.67 bits per heavy atom. The number of carbonyl (C=O) groups excluding carboxylic acids is 1. The summed E-state index contributed by atoms with van der Waals surface area (Å²) >= 11 is 0. The minimum Gasteiger partial charge on any atom is -0.374 e. The fraction of sp³-hybridized carbons (Fsp3) is 0.889. The molecule has 0 N–H and O–H groups in total. The smallest absolute Gasteiger partial charge is 0.172 e. The number of rotatable bonds is 1. The van der Waals surface area contributed by atoms with Crippen LogP contribution in [0.25, 0.3) is 0 Å². The first kappa shape index (κ1) is 8.20. The lowest BCUT2D eigenvalue weighted by Crippen LogP contribution is -2.68. The number of ether oxygens (including phenoxy) is 2. The van der Waals surface area contributed by atoms with E-state index in [2.05, 4.69) is 0 Å². The fourth-order valence-corrected chi connectivity index (χ4v) is 2.22. The molecule has 0 amide bonds. The Bertz CT molecular complexity index is 214. The maximum atomic E-state index is 11.5. The van der Waals surface area contributed by atoms with Crippen LogP contribution in [-0.4, -0.2) is 31.2 Å². The number of Topliss-reactive ketones (excluding diaryl/α,β-unsaturated/α-hetero) is 1. The van der Waals surface area contributed by atoms with Gasteiger partial charge >= 0.3 is 0 Å². The van der Waals surface area contributed by atoms with Gasteiger partial charge in [0.25, 0.3) is 0 Å². The Morgan fingerprint density at radius 3 is 3.08 bits per heavy atom. The zero-order chi connectivity index (χ0) is 8.77. The molecule has 1 saturated carbocycles. The lowest BCUT2D eigenvalue weighted by Gasteiger charge is -2.51. The molecule has 2 fully saturated rings. The summed E-state index contributed by atoms with van der Waals surface area (Å²) in [6.07, 6.45) is 2.00. The van der Waals surface area contributed by atoms with Crippen molar-refractivity contribution >= 4 is 5.78 Å². The Kier molecular flexibility index (Phi) is 1.73. The van der Waals surface area contributed by atoms with Crippen LogP contribution in [0.1, 0.15) is 19.8 Å². The van der Waals surface area contributed by atoms with Crippen LogP contribution in [0.4, 0.5) is 0 Å². The van der Waals surface area contributed by atoms with Crippen molar-refractivity contribution in [1.82, 2.24) is 0 Å². The molecular weight excluding hydrogens is 158 g/mol. The van der Waals surface area contributed by atoms with Crippen LogP contribution < -0.4 is 0 Å². The molecule has 0 unspecified atom stereocenters. The third-order valence-corrected chi connectivity index (χ3v) is 3.12. The molecular formula is C9H14O3.